The summed E-state index contributed by atoms with van der Waals surface area (Å²) in [5.41, 5.74) is 0. The Morgan fingerprint density at radius 1 is 1.07 bits per heavy atom. The van der Waals surface area contributed by atoms with E-state index >= 15 is 0 Å². The van der Waals surface area contributed by atoms with Crippen LogP contribution in [0.4, 0.5) is 0 Å². The summed E-state index contributed by atoms with van der Waals surface area (Å²) in [5.74, 6) is 0.811. The zero-order chi connectivity index (χ0) is 11.3. The molecular formula is C11H22O3. The molecule has 0 rings (SSSR count). The second-order valence-corrected chi connectivity index (χ2v) is 4.28. The van der Waals surface area contributed by atoms with Gasteiger partial charge in [0.05, 0.1) is 0 Å². The Hall–Kier alpha value is -0.570. The van der Waals surface area contributed by atoms with Gasteiger partial charge >= 0.3 is 5.97 Å². The maximum atomic E-state index is 10.9. The van der Waals surface area contributed by atoms with E-state index in [0.29, 0.717) is 11.8 Å². The predicted molar refractivity (Wildman–Crippen MR) is 55.7 cm³/mol. The van der Waals surface area contributed by atoms with Gasteiger partial charge in [-0.2, -0.15) is 0 Å². The molecule has 0 fully saturated rings. The first-order valence-corrected chi connectivity index (χ1v) is 5.10. The Labute approximate surface area is 86.8 Å². The van der Waals surface area contributed by atoms with Crippen LogP contribution in [0.15, 0.2) is 0 Å². The molecule has 0 aromatic rings. The van der Waals surface area contributed by atoms with Crippen LogP contribution < -0.4 is 0 Å². The average molecular weight is 202 g/mol. The fraction of sp³-hybridized carbons (Fsp3) is 0.909. The molecule has 0 bridgehead atoms. The van der Waals surface area contributed by atoms with Gasteiger partial charge in [-0.1, -0.05) is 27.7 Å². The van der Waals surface area contributed by atoms with E-state index in [9.17, 15) is 4.79 Å². The van der Waals surface area contributed by atoms with E-state index in [0.717, 1.165) is 0 Å². The first-order chi connectivity index (χ1) is 6.40. The smallest absolute Gasteiger partial charge is 0.304 e. The normalized spacial score (nSPS) is 13.8. The second kappa shape index (κ2) is 6.02. The Bertz CT molecular complexity index is 167. The molecule has 0 aromatic carbocycles. The lowest BCUT2D eigenvalue weighted by atomic mass is 9.85. The van der Waals surface area contributed by atoms with Crippen LogP contribution in [0, 0.1) is 17.8 Å². The van der Waals surface area contributed by atoms with Crippen molar-refractivity contribution >= 4 is 5.97 Å². The van der Waals surface area contributed by atoms with E-state index in [1.54, 1.807) is 7.11 Å². The van der Waals surface area contributed by atoms with Crippen molar-refractivity contribution in [3.63, 3.8) is 0 Å². The van der Waals surface area contributed by atoms with Crippen molar-refractivity contribution in [2.24, 2.45) is 17.8 Å². The molecule has 0 aliphatic carbocycles. The molecule has 0 spiro atoms. The Morgan fingerprint density at radius 3 is 1.71 bits per heavy atom. The molecule has 1 atom stereocenters. The fourth-order valence-corrected chi connectivity index (χ4v) is 1.85. The standard InChI is InChI=1S/C11H22O3/c1-7(2)10(8(3)4)11(13-6)14-9(5)12/h7-8,10-11H,1-6H3. The number of carbonyl (C=O) groups excluding carboxylic acids is 1. The van der Waals surface area contributed by atoms with Gasteiger partial charge in [0.15, 0.2) is 0 Å². The van der Waals surface area contributed by atoms with Gasteiger partial charge in [-0.05, 0) is 11.8 Å². The molecule has 0 saturated heterocycles. The average Bonchev–Trinajstić information content (AvgIpc) is 2.00. The van der Waals surface area contributed by atoms with Gasteiger partial charge in [0.2, 0.25) is 6.29 Å². The van der Waals surface area contributed by atoms with Crippen LogP contribution in [0.5, 0.6) is 0 Å². The molecule has 3 heteroatoms. The molecule has 3 nitrogen and oxygen atoms in total. The van der Waals surface area contributed by atoms with Crippen molar-refractivity contribution in [3.8, 4) is 0 Å². The summed E-state index contributed by atoms with van der Waals surface area (Å²) in [6.07, 6.45) is -0.424. The largest absolute Gasteiger partial charge is 0.436 e. The highest BCUT2D eigenvalue weighted by Crippen LogP contribution is 2.26. The van der Waals surface area contributed by atoms with Gasteiger partial charge in [-0.15, -0.1) is 0 Å². The molecule has 0 saturated carbocycles. The number of ether oxygens (including phenoxy) is 2. The minimum absolute atomic E-state index is 0.240. The lowest BCUT2D eigenvalue weighted by Gasteiger charge is -2.31. The summed E-state index contributed by atoms with van der Waals surface area (Å²) in [6.45, 7) is 9.85. The van der Waals surface area contributed by atoms with Gasteiger partial charge in [-0.3, -0.25) is 4.79 Å². The van der Waals surface area contributed by atoms with Gasteiger partial charge in [0.25, 0.3) is 0 Å². The third-order valence-electron chi connectivity index (χ3n) is 2.37. The van der Waals surface area contributed by atoms with E-state index in [1.165, 1.54) is 6.92 Å². The highest BCUT2D eigenvalue weighted by atomic mass is 16.7. The van der Waals surface area contributed by atoms with E-state index in [4.69, 9.17) is 9.47 Å². The number of rotatable bonds is 5. The Morgan fingerprint density at radius 2 is 1.50 bits per heavy atom. The Balaban J connectivity index is 4.50. The van der Waals surface area contributed by atoms with Gasteiger partial charge in [0.1, 0.15) is 0 Å². The lowest BCUT2D eigenvalue weighted by Crippen LogP contribution is -2.34. The van der Waals surface area contributed by atoms with Crippen LogP contribution in [0.1, 0.15) is 34.6 Å². The molecule has 0 aromatic heterocycles. The minimum Gasteiger partial charge on any atom is -0.436 e. The van der Waals surface area contributed by atoms with Crippen LogP contribution in [-0.2, 0) is 14.3 Å². The number of carbonyl (C=O) groups is 1. The number of hydrogen-bond donors (Lipinski definition) is 0. The predicted octanol–water partition coefficient (Wildman–Crippen LogP) is 2.45. The molecule has 14 heavy (non-hydrogen) atoms. The summed E-state index contributed by atoms with van der Waals surface area (Å²) >= 11 is 0. The highest BCUT2D eigenvalue weighted by Gasteiger charge is 2.29. The van der Waals surface area contributed by atoms with E-state index in [-0.39, 0.29) is 11.9 Å². The number of esters is 1. The quantitative estimate of drug-likeness (QED) is 0.507. The van der Waals surface area contributed by atoms with Gasteiger partial charge < -0.3 is 9.47 Å². The molecule has 0 N–H and O–H groups in total. The molecule has 84 valence electrons. The summed E-state index contributed by atoms with van der Waals surface area (Å²) in [6, 6.07) is 0. The minimum atomic E-state index is -0.424. The monoisotopic (exact) mass is 202 g/mol. The molecule has 0 radical (unpaired) electrons. The Kier molecular flexibility index (Phi) is 5.77. The second-order valence-electron chi connectivity index (χ2n) is 4.28. The molecule has 0 amide bonds. The number of methoxy groups -OCH3 is 1. The maximum absolute atomic E-state index is 10.9. The van der Waals surface area contributed by atoms with E-state index < -0.39 is 6.29 Å². The van der Waals surface area contributed by atoms with Crippen LogP contribution in [-0.4, -0.2) is 19.4 Å². The summed E-state index contributed by atoms with van der Waals surface area (Å²) in [4.78, 5) is 10.9. The zero-order valence-corrected chi connectivity index (χ0v) is 10.0. The van der Waals surface area contributed by atoms with Crippen molar-refractivity contribution in [2.75, 3.05) is 7.11 Å². The van der Waals surface area contributed by atoms with Gasteiger partial charge in [0, 0.05) is 20.0 Å². The van der Waals surface area contributed by atoms with Crippen LogP contribution in [0.25, 0.3) is 0 Å². The third-order valence-corrected chi connectivity index (χ3v) is 2.37. The number of hydrogen-bond acceptors (Lipinski definition) is 3. The first kappa shape index (κ1) is 13.4. The van der Waals surface area contributed by atoms with Crippen molar-refractivity contribution < 1.29 is 14.3 Å². The molecule has 0 heterocycles. The molecule has 1 unspecified atom stereocenters. The van der Waals surface area contributed by atoms with Crippen molar-refractivity contribution in [2.45, 2.75) is 40.9 Å². The van der Waals surface area contributed by atoms with E-state index in [2.05, 4.69) is 27.7 Å². The molecular weight excluding hydrogens is 180 g/mol. The van der Waals surface area contributed by atoms with E-state index in [1.807, 2.05) is 0 Å². The fourth-order valence-electron chi connectivity index (χ4n) is 1.85. The van der Waals surface area contributed by atoms with Crippen molar-refractivity contribution in [1.29, 1.82) is 0 Å². The zero-order valence-electron chi connectivity index (χ0n) is 10.0. The van der Waals surface area contributed by atoms with Crippen molar-refractivity contribution in [1.82, 2.24) is 0 Å². The van der Waals surface area contributed by atoms with Crippen LogP contribution in [0.2, 0.25) is 0 Å². The van der Waals surface area contributed by atoms with Crippen LogP contribution >= 0.6 is 0 Å². The van der Waals surface area contributed by atoms with Crippen molar-refractivity contribution in [3.05, 3.63) is 0 Å². The SMILES string of the molecule is COC(OC(C)=O)C(C(C)C)C(C)C. The summed E-state index contributed by atoms with van der Waals surface area (Å²) in [7, 11) is 1.57. The van der Waals surface area contributed by atoms with Crippen LogP contribution in [0.3, 0.4) is 0 Å². The molecule has 0 aliphatic heterocycles. The first-order valence-electron chi connectivity index (χ1n) is 5.10. The maximum Gasteiger partial charge on any atom is 0.304 e. The topological polar surface area (TPSA) is 35.5 Å². The lowest BCUT2D eigenvalue weighted by molar-refractivity contribution is -0.190. The summed E-state index contributed by atoms with van der Waals surface area (Å²) < 4.78 is 10.3. The van der Waals surface area contributed by atoms with Gasteiger partial charge in [-0.25, -0.2) is 0 Å². The summed E-state index contributed by atoms with van der Waals surface area (Å²) in [5, 5.41) is 0. The third kappa shape index (κ3) is 4.09. The molecule has 0 aliphatic rings. The highest BCUT2D eigenvalue weighted by molar-refractivity contribution is 5.66.